The molecule has 3 heteroatoms. The van der Waals surface area contributed by atoms with E-state index in [0.29, 0.717) is 0 Å². The average molecular weight is 255 g/mol. The van der Waals surface area contributed by atoms with Crippen molar-refractivity contribution in [1.29, 1.82) is 0 Å². The highest BCUT2D eigenvalue weighted by molar-refractivity contribution is 7.63. The maximum Gasteiger partial charge on any atom is 0.0873 e. The average Bonchev–Trinajstić information content (AvgIpc) is 2.36. The normalized spacial score (nSPS) is 23.6. The molecule has 0 spiro atoms. The quantitative estimate of drug-likeness (QED) is 0.703. The fraction of sp³-hybridized carbons (Fsp3) is 0.714. The number of rotatable bonds is 2. The lowest BCUT2D eigenvalue weighted by molar-refractivity contribution is 0.321. The molecule has 1 heterocycles. The number of hydrogen-bond donors (Lipinski definition) is 0. The Hall–Kier alpha value is -0.330. The topological polar surface area (TPSA) is 20.3 Å². The van der Waals surface area contributed by atoms with Crippen LogP contribution < -0.4 is 0 Å². The maximum absolute atomic E-state index is 11.8. The fourth-order valence-electron chi connectivity index (χ4n) is 2.13. The van der Waals surface area contributed by atoms with Crippen molar-refractivity contribution in [2.24, 2.45) is 0 Å². The Balaban J connectivity index is 0.000000686. The van der Waals surface area contributed by atoms with E-state index in [1.807, 2.05) is 20.5 Å². The molecule has 1 aliphatic carbocycles. The Morgan fingerprint density at radius 1 is 1.24 bits per heavy atom. The Kier molecular flexibility index (Phi) is 6.22. The Labute approximate surface area is 106 Å². The van der Waals surface area contributed by atoms with Crippen molar-refractivity contribution in [1.82, 2.24) is 4.90 Å². The third kappa shape index (κ3) is 5.23. The van der Waals surface area contributed by atoms with Gasteiger partial charge in [-0.05, 0) is 25.1 Å². The predicted octanol–water partition coefficient (Wildman–Crippen LogP) is 3.60. The summed E-state index contributed by atoms with van der Waals surface area (Å²) in [5, 5.41) is 0. The van der Waals surface area contributed by atoms with Crippen molar-refractivity contribution in [3.8, 4) is 0 Å². The molecule has 0 aromatic carbocycles. The molecule has 1 aliphatic heterocycles. The van der Waals surface area contributed by atoms with Crippen LogP contribution in [0.2, 0.25) is 0 Å². The number of nitrogens with zero attached hydrogens (tertiary/aromatic N) is 1. The molecule has 1 saturated heterocycles. The molecule has 1 fully saturated rings. The van der Waals surface area contributed by atoms with Crippen LogP contribution in [0.15, 0.2) is 23.8 Å². The molecule has 0 saturated carbocycles. The molecule has 2 aliphatic rings. The smallest absolute Gasteiger partial charge is 0.0873 e. The summed E-state index contributed by atoms with van der Waals surface area (Å²) in [5.41, 5.74) is 1.44. The van der Waals surface area contributed by atoms with E-state index in [1.165, 1.54) is 18.4 Å². The van der Waals surface area contributed by atoms with Crippen molar-refractivity contribution in [3.63, 3.8) is 0 Å². The van der Waals surface area contributed by atoms with Crippen molar-refractivity contribution in [2.45, 2.75) is 26.7 Å². The summed E-state index contributed by atoms with van der Waals surface area (Å²) >= 11 is 0. The Bertz CT molecular complexity index is 321. The van der Waals surface area contributed by atoms with Crippen LogP contribution in [0.4, 0.5) is 0 Å². The van der Waals surface area contributed by atoms with Gasteiger partial charge in [0.05, 0.1) is 7.14 Å². The fourth-order valence-corrected chi connectivity index (χ4v) is 3.77. The van der Waals surface area contributed by atoms with E-state index in [9.17, 15) is 4.57 Å². The van der Waals surface area contributed by atoms with Crippen molar-refractivity contribution in [3.05, 3.63) is 23.8 Å². The Morgan fingerprint density at radius 3 is 2.41 bits per heavy atom. The standard InChI is InChI=1S/C12H20NOP.C2H6/c1-15(14)9-7-13(8-10-15)11-12-5-3-2-4-6-12;1-2/h3,5-6H,2,4,7-11H2,1H3;1-2H3. The highest BCUT2D eigenvalue weighted by Crippen LogP contribution is 2.42. The summed E-state index contributed by atoms with van der Waals surface area (Å²) in [4.78, 5) is 2.43. The lowest BCUT2D eigenvalue weighted by Crippen LogP contribution is -2.35. The molecule has 0 aromatic heterocycles. The van der Waals surface area contributed by atoms with E-state index in [2.05, 4.69) is 23.1 Å². The van der Waals surface area contributed by atoms with Gasteiger partial charge in [0.1, 0.15) is 0 Å². The maximum atomic E-state index is 11.8. The third-order valence-corrected chi connectivity index (χ3v) is 5.55. The van der Waals surface area contributed by atoms with Crippen LogP contribution in [0.25, 0.3) is 0 Å². The molecule has 2 rings (SSSR count). The number of allylic oxidation sites excluding steroid dienone is 2. The first-order valence-corrected chi connectivity index (χ1v) is 9.32. The Morgan fingerprint density at radius 2 is 1.88 bits per heavy atom. The van der Waals surface area contributed by atoms with Crippen molar-refractivity contribution >= 4 is 7.14 Å². The lowest BCUT2D eigenvalue weighted by atomic mass is 10.1. The van der Waals surface area contributed by atoms with E-state index in [1.54, 1.807) is 0 Å². The minimum absolute atomic E-state index is 0.907. The lowest BCUT2D eigenvalue weighted by Gasteiger charge is -2.30. The third-order valence-electron chi connectivity index (χ3n) is 3.26. The molecule has 0 N–H and O–H groups in total. The van der Waals surface area contributed by atoms with Crippen LogP contribution in [0, 0.1) is 0 Å². The SMILES string of the molecule is CC.CP1(=O)CCN(CC2=CCCC=C2)CC1. The predicted molar refractivity (Wildman–Crippen MR) is 77.5 cm³/mol. The van der Waals surface area contributed by atoms with E-state index < -0.39 is 7.14 Å². The van der Waals surface area contributed by atoms with E-state index >= 15 is 0 Å². The molecule has 0 amide bonds. The van der Waals surface area contributed by atoms with Gasteiger partial charge in [-0.1, -0.05) is 32.1 Å². The second-order valence-electron chi connectivity index (χ2n) is 4.78. The minimum atomic E-state index is -1.76. The molecule has 0 unspecified atom stereocenters. The van der Waals surface area contributed by atoms with Gasteiger partial charge in [-0.2, -0.15) is 0 Å². The van der Waals surface area contributed by atoms with Crippen molar-refractivity contribution < 1.29 is 4.57 Å². The van der Waals surface area contributed by atoms with Gasteiger partial charge < -0.3 is 4.57 Å². The summed E-state index contributed by atoms with van der Waals surface area (Å²) in [6.45, 7) is 9.03. The number of hydrogen-bond acceptors (Lipinski definition) is 2. The largest absolute Gasteiger partial charge is 0.324 e. The molecule has 0 aromatic rings. The van der Waals surface area contributed by atoms with Gasteiger partial charge in [-0.25, -0.2) is 0 Å². The van der Waals surface area contributed by atoms with Gasteiger partial charge in [0.25, 0.3) is 0 Å². The molecular formula is C14H26NOP. The summed E-state index contributed by atoms with van der Waals surface area (Å²) in [6, 6.07) is 0. The van der Waals surface area contributed by atoms with Crippen LogP contribution in [0.3, 0.4) is 0 Å². The van der Waals surface area contributed by atoms with Crippen LogP contribution in [-0.4, -0.2) is 43.5 Å². The highest BCUT2D eigenvalue weighted by Gasteiger charge is 2.23. The zero-order valence-electron chi connectivity index (χ0n) is 11.5. The van der Waals surface area contributed by atoms with Crippen LogP contribution in [-0.2, 0) is 4.57 Å². The van der Waals surface area contributed by atoms with E-state index in [0.717, 1.165) is 32.0 Å². The van der Waals surface area contributed by atoms with Gasteiger partial charge in [0.2, 0.25) is 0 Å². The van der Waals surface area contributed by atoms with Gasteiger partial charge in [0, 0.05) is 32.0 Å². The second-order valence-corrected chi connectivity index (χ2v) is 8.27. The summed E-state index contributed by atoms with van der Waals surface area (Å²) < 4.78 is 11.8. The highest BCUT2D eigenvalue weighted by atomic mass is 31.2. The molecule has 2 nitrogen and oxygen atoms in total. The molecular weight excluding hydrogens is 229 g/mol. The summed E-state index contributed by atoms with van der Waals surface area (Å²) in [6.07, 6.45) is 11.0. The monoisotopic (exact) mass is 255 g/mol. The van der Waals surface area contributed by atoms with Gasteiger partial charge in [-0.15, -0.1) is 0 Å². The van der Waals surface area contributed by atoms with Crippen molar-refractivity contribution in [2.75, 3.05) is 38.6 Å². The second kappa shape index (κ2) is 7.18. The van der Waals surface area contributed by atoms with E-state index in [4.69, 9.17) is 0 Å². The van der Waals surface area contributed by atoms with Gasteiger partial charge >= 0.3 is 0 Å². The molecule has 17 heavy (non-hydrogen) atoms. The molecule has 0 bridgehead atoms. The van der Waals surface area contributed by atoms with Gasteiger partial charge in [0.15, 0.2) is 0 Å². The molecule has 0 radical (unpaired) electrons. The summed E-state index contributed by atoms with van der Waals surface area (Å²) in [5.74, 6) is 0. The summed E-state index contributed by atoms with van der Waals surface area (Å²) in [7, 11) is -1.76. The first-order valence-electron chi connectivity index (χ1n) is 6.79. The molecule has 98 valence electrons. The zero-order chi connectivity index (χ0) is 12.7. The zero-order valence-corrected chi connectivity index (χ0v) is 12.4. The minimum Gasteiger partial charge on any atom is -0.324 e. The van der Waals surface area contributed by atoms with E-state index in [-0.39, 0.29) is 0 Å². The first-order chi connectivity index (χ1) is 8.16. The molecule has 0 atom stereocenters. The first kappa shape index (κ1) is 14.7. The van der Waals surface area contributed by atoms with Crippen LogP contribution in [0.1, 0.15) is 26.7 Å². The van der Waals surface area contributed by atoms with Crippen LogP contribution >= 0.6 is 7.14 Å². The van der Waals surface area contributed by atoms with Gasteiger partial charge in [-0.3, -0.25) is 4.90 Å². The van der Waals surface area contributed by atoms with Crippen LogP contribution in [0.5, 0.6) is 0 Å².